The number of ether oxygens (including phenoxy) is 2. The summed E-state index contributed by atoms with van der Waals surface area (Å²) in [5.41, 5.74) is 1.77. The van der Waals surface area contributed by atoms with E-state index in [0.717, 1.165) is 36.8 Å². The number of nitro benzene ring substituents is 1. The van der Waals surface area contributed by atoms with Crippen LogP contribution in [0.1, 0.15) is 50.2 Å². The first-order valence-corrected chi connectivity index (χ1v) is 11.9. The van der Waals surface area contributed by atoms with Crippen molar-refractivity contribution < 1.29 is 24.0 Å². The maximum atomic E-state index is 13.3. The standard InChI is InChI=1S/C26H33N3O6/c1-18-9-7-8-10-20(18)16-28(19(2)26(31)27-21-11-5-4-6-12-21)25(30)17-35-22-13-14-23(29(32)33)24(15-22)34-3/h7-10,13-15,19,21H,4-6,11-12,16-17H2,1-3H3,(H,27,31). The molecule has 1 fully saturated rings. The largest absolute Gasteiger partial charge is 0.490 e. The van der Waals surface area contributed by atoms with E-state index >= 15 is 0 Å². The van der Waals surface area contributed by atoms with E-state index in [2.05, 4.69) is 5.32 Å². The number of aryl methyl sites for hydroxylation is 1. The summed E-state index contributed by atoms with van der Waals surface area (Å²) in [7, 11) is 1.33. The minimum atomic E-state index is -0.695. The van der Waals surface area contributed by atoms with Gasteiger partial charge in [0.15, 0.2) is 6.61 Å². The molecule has 2 amide bonds. The summed E-state index contributed by atoms with van der Waals surface area (Å²) in [6.07, 6.45) is 5.28. The van der Waals surface area contributed by atoms with Crippen LogP contribution in [-0.4, -0.2) is 47.4 Å². The molecule has 1 unspecified atom stereocenters. The molecule has 188 valence electrons. The van der Waals surface area contributed by atoms with Gasteiger partial charge in [0.1, 0.15) is 11.8 Å². The summed E-state index contributed by atoms with van der Waals surface area (Å²) < 4.78 is 10.7. The highest BCUT2D eigenvalue weighted by Crippen LogP contribution is 2.30. The predicted octanol–water partition coefficient (Wildman–Crippen LogP) is 4.16. The van der Waals surface area contributed by atoms with Crippen molar-refractivity contribution in [2.45, 2.75) is 64.6 Å². The molecule has 0 aromatic heterocycles. The average Bonchev–Trinajstić information content (AvgIpc) is 2.86. The van der Waals surface area contributed by atoms with Gasteiger partial charge in [-0.15, -0.1) is 0 Å². The van der Waals surface area contributed by atoms with Gasteiger partial charge in [-0.1, -0.05) is 43.5 Å². The van der Waals surface area contributed by atoms with Gasteiger partial charge in [0, 0.05) is 24.7 Å². The van der Waals surface area contributed by atoms with Crippen LogP contribution in [0.15, 0.2) is 42.5 Å². The topological polar surface area (TPSA) is 111 Å². The summed E-state index contributed by atoms with van der Waals surface area (Å²) in [5.74, 6) is -0.249. The Hall–Kier alpha value is -3.62. The van der Waals surface area contributed by atoms with Crippen LogP contribution < -0.4 is 14.8 Å². The third-order valence-corrected chi connectivity index (χ3v) is 6.43. The van der Waals surface area contributed by atoms with Crippen LogP contribution in [0.25, 0.3) is 0 Å². The molecular formula is C26H33N3O6. The maximum Gasteiger partial charge on any atom is 0.311 e. The Bertz CT molecular complexity index is 1050. The molecule has 0 spiro atoms. The van der Waals surface area contributed by atoms with Crippen LogP contribution in [0, 0.1) is 17.0 Å². The van der Waals surface area contributed by atoms with Crippen LogP contribution in [0.2, 0.25) is 0 Å². The fraction of sp³-hybridized carbons (Fsp3) is 0.462. The summed E-state index contributed by atoms with van der Waals surface area (Å²) in [6, 6.07) is 11.2. The van der Waals surface area contributed by atoms with E-state index in [9.17, 15) is 19.7 Å². The molecule has 1 aliphatic rings. The predicted molar refractivity (Wildman–Crippen MR) is 131 cm³/mol. The second-order valence-corrected chi connectivity index (χ2v) is 8.85. The zero-order valence-corrected chi connectivity index (χ0v) is 20.5. The third-order valence-electron chi connectivity index (χ3n) is 6.43. The number of hydrogen-bond acceptors (Lipinski definition) is 6. The maximum absolute atomic E-state index is 13.3. The molecule has 0 radical (unpaired) electrons. The van der Waals surface area contributed by atoms with Gasteiger partial charge in [0.05, 0.1) is 12.0 Å². The monoisotopic (exact) mass is 483 g/mol. The molecule has 1 saturated carbocycles. The summed E-state index contributed by atoms with van der Waals surface area (Å²) >= 11 is 0. The van der Waals surface area contributed by atoms with Crippen molar-refractivity contribution in [1.82, 2.24) is 10.2 Å². The van der Waals surface area contributed by atoms with Crippen LogP contribution in [0.3, 0.4) is 0 Å². The highest BCUT2D eigenvalue weighted by molar-refractivity contribution is 5.88. The van der Waals surface area contributed by atoms with E-state index in [1.54, 1.807) is 6.92 Å². The van der Waals surface area contributed by atoms with Gasteiger partial charge >= 0.3 is 5.69 Å². The second-order valence-electron chi connectivity index (χ2n) is 8.85. The Kier molecular flexibility index (Phi) is 9.05. The van der Waals surface area contributed by atoms with Gasteiger partial charge in [-0.25, -0.2) is 0 Å². The van der Waals surface area contributed by atoms with Gasteiger partial charge in [0.2, 0.25) is 11.7 Å². The molecule has 0 heterocycles. The van der Waals surface area contributed by atoms with Gasteiger partial charge in [0.25, 0.3) is 5.91 Å². The van der Waals surface area contributed by atoms with E-state index in [1.165, 1.54) is 36.6 Å². The molecule has 3 rings (SSSR count). The Balaban J connectivity index is 1.74. The van der Waals surface area contributed by atoms with Gasteiger partial charge in [-0.05, 0) is 43.9 Å². The number of rotatable bonds is 10. The summed E-state index contributed by atoms with van der Waals surface area (Å²) in [5, 5.41) is 14.2. The molecule has 2 aromatic rings. The number of nitro groups is 1. The molecule has 0 saturated heterocycles. The number of carbonyl (C=O) groups excluding carboxylic acids is 2. The Morgan fingerprint density at radius 3 is 2.54 bits per heavy atom. The van der Waals surface area contributed by atoms with Crippen molar-refractivity contribution in [3.63, 3.8) is 0 Å². The van der Waals surface area contributed by atoms with Gasteiger partial charge in [-0.3, -0.25) is 19.7 Å². The van der Waals surface area contributed by atoms with Crippen molar-refractivity contribution >= 4 is 17.5 Å². The first-order chi connectivity index (χ1) is 16.8. The normalized spacial score (nSPS) is 14.6. The Labute approximate surface area is 205 Å². The Morgan fingerprint density at radius 1 is 1.17 bits per heavy atom. The Morgan fingerprint density at radius 2 is 1.89 bits per heavy atom. The van der Waals surface area contributed by atoms with E-state index in [1.807, 2.05) is 31.2 Å². The number of carbonyl (C=O) groups is 2. The van der Waals surface area contributed by atoms with Crippen molar-refractivity contribution in [2.24, 2.45) is 0 Å². The minimum Gasteiger partial charge on any atom is -0.490 e. The quantitative estimate of drug-likeness (QED) is 0.401. The number of amides is 2. The molecule has 9 heteroatoms. The molecule has 2 aromatic carbocycles. The smallest absolute Gasteiger partial charge is 0.311 e. The van der Waals surface area contributed by atoms with Crippen LogP contribution in [-0.2, 0) is 16.1 Å². The lowest BCUT2D eigenvalue weighted by Gasteiger charge is -2.31. The number of benzene rings is 2. The lowest BCUT2D eigenvalue weighted by atomic mass is 9.95. The van der Waals surface area contributed by atoms with Crippen molar-refractivity contribution in [3.05, 3.63) is 63.7 Å². The lowest BCUT2D eigenvalue weighted by molar-refractivity contribution is -0.385. The molecule has 1 aliphatic carbocycles. The highest BCUT2D eigenvalue weighted by atomic mass is 16.6. The third kappa shape index (κ3) is 6.94. The van der Waals surface area contributed by atoms with E-state index in [0.29, 0.717) is 0 Å². The number of hydrogen-bond donors (Lipinski definition) is 1. The second kappa shape index (κ2) is 12.2. The molecule has 1 atom stereocenters. The van der Waals surface area contributed by atoms with Gasteiger partial charge in [-0.2, -0.15) is 0 Å². The fourth-order valence-corrected chi connectivity index (χ4v) is 4.25. The molecule has 9 nitrogen and oxygen atoms in total. The van der Waals surface area contributed by atoms with E-state index < -0.39 is 11.0 Å². The summed E-state index contributed by atoms with van der Waals surface area (Å²) in [6.45, 7) is 3.62. The zero-order chi connectivity index (χ0) is 25.4. The number of methoxy groups -OCH3 is 1. The molecule has 35 heavy (non-hydrogen) atoms. The van der Waals surface area contributed by atoms with Gasteiger partial charge < -0.3 is 19.7 Å². The van der Waals surface area contributed by atoms with Crippen molar-refractivity contribution in [2.75, 3.05) is 13.7 Å². The lowest BCUT2D eigenvalue weighted by Crippen LogP contribution is -2.51. The van der Waals surface area contributed by atoms with E-state index in [4.69, 9.17) is 9.47 Å². The average molecular weight is 484 g/mol. The fourth-order valence-electron chi connectivity index (χ4n) is 4.25. The number of nitrogens with zero attached hydrogens (tertiary/aromatic N) is 2. The molecule has 0 aliphatic heterocycles. The van der Waals surface area contributed by atoms with Crippen molar-refractivity contribution in [1.29, 1.82) is 0 Å². The first-order valence-electron chi connectivity index (χ1n) is 11.9. The first kappa shape index (κ1) is 26.0. The van der Waals surface area contributed by atoms with Crippen LogP contribution in [0.5, 0.6) is 11.5 Å². The molecule has 0 bridgehead atoms. The van der Waals surface area contributed by atoms with E-state index in [-0.39, 0.29) is 48.2 Å². The SMILES string of the molecule is COc1cc(OCC(=O)N(Cc2ccccc2C)C(C)C(=O)NC2CCCCC2)ccc1[N+](=O)[O-]. The number of nitrogens with one attached hydrogen (secondary N) is 1. The minimum absolute atomic E-state index is 0.0388. The molecule has 1 N–H and O–H groups in total. The van der Waals surface area contributed by atoms with Crippen molar-refractivity contribution in [3.8, 4) is 11.5 Å². The summed E-state index contributed by atoms with van der Waals surface area (Å²) in [4.78, 5) is 38.4. The molecular weight excluding hydrogens is 450 g/mol. The van der Waals surface area contributed by atoms with Crippen LogP contribution >= 0.6 is 0 Å². The highest BCUT2D eigenvalue weighted by Gasteiger charge is 2.29. The van der Waals surface area contributed by atoms with Crippen LogP contribution in [0.4, 0.5) is 5.69 Å². The zero-order valence-electron chi connectivity index (χ0n) is 20.5.